The summed E-state index contributed by atoms with van der Waals surface area (Å²) in [4.78, 5) is 33.1. The van der Waals surface area contributed by atoms with Crippen molar-refractivity contribution in [2.45, 2.75) is 44.0 Å². The van der Waals surface area contributed by atoms with Gasteiger partial charge in [0.25, 0.3) is 0 Å². The summed E-state index contributed by atoms with van der Waals surface area (Å²) >= 11 is 0. The summed E-state index contributed by atoms with van der Waals surface area (Å²) < 4.78 is 109. The van der Waals surface area contributed by atoms with Crippen LogP contribution in [0.4, 0.5) is 36.4 Å². The molecule has 0 bridgehead atoms. The van der Waals surface area contributed by atoms with Crippen molar-refractivity contribution in [3.8, 4) is 11.5 Å². The van der Waals surface area contributed by atoms with Crippen LogP contribution < -0.4 is 9.64 Å². The van der Waals surface area contributed by atoms with Crippen molar-refractivity contribution in [1.82, 2.24) is 4.98 Å². The fourth-order valence-electron chi connectivity index (χ4n) is 7.83. The molecule has 3 aromatic carbocycles. The zero-order valence-corrected chi connectivity index (χ0v) is 29.2. The lowest BCUT2D eigenvalue weighted by molar-refractivity contribution is -0.143. The molecule has 4 atom stereocenters. The number of alkyl halides is 6. The maximum Gasteiger partial charge on any atom is 0.455 e. The number of aromatic hydroxyl groups is 1. The number of phenols is 1. The van der Waals surface area contributed by atoms with E-state index in [1.807, 2.05) is 0 Å². The van der Waals surface area contributed by atoms with Crippen molar-refractivity contribution in [2.24, 2.45) is 17.8 Å². The predicted molar refractivity (Wildman–Crippen MR) is 190 cm³/mol. The van der Waals surface area contributed by atoms with Crippen LogP contribution in [0.15, 0.2) is 102 Å². The summed E-state index contributed by atoms with van der Waals surface area (Å²) in [5.74, 6) is -6.19. The molecule has 4 aromatic rings. The molecule has 0 unspecified atom stereocenters. The van der Waals surface area contributed by atoms with E-state index in [1.165, 1.54) is 12.1 Å². The molecule has 3 aliphatic rings. The van der Waals surface area contributed by atoms with E-state index in [0.29, 0.717) is 50.8 Å². The molecule has 7 rings (SSSR count). The molecule has 2 saturated heterocycles. The van der Waals surface area contributed by atoms with E-state index >= 15 is 0 Å². The number of nitrogens with zero attached hydrogens (tertiary/aromatic N) is 2. The summed E-state index contributed by atoms with van der Waals surface area (Å²) in [6.45, 7) is -0.103. The van der Waals surface area contributed by atoms with Gasteiger partial charge in [-0.3, -0.25) is 14.6 Å². The Bertz CT molecular complexity index is 2160. The van der Waals surface area contributed by atoms with Crippen LogP contribution >= 0.6 is 0 Å². The Morgan fingerprint density at radius 1 is 0.911 bits per heavy atom. The number of para-hydroxylation sites is 1. The molecule has 16 heteroatoms. The molecule has 0 spiro atoms. The topological polar surface area (TPSA) is 109 Å². The van der Waals surface area contributed by atoms with Crippen LogP contribution in [0.2, 0.25) is 6.32 Å². The number of allylic oxidation sites excluding steroid dienone is 1. The molecule has 2 N–H and O–H groups in total. The largest absolute Gasteiger partial charge is 0.505 e. The molecule has 1 aromatic heterocycles. The minimum Gasteiger partial charge on any atom is -0.505 e. The summed E-state index contributed by atoms with van der Waals surface area (Å²) in [7, 11) is -1.46. The molecule has 3 heterocycles. The monoisotopic (exact) mass is 780 g/mol. The van der Waals surface area contributed by atoms with Crippen molar-refractivity contribution in [1.29, 1.82) is 0 Å². The number of hydrogen-bond acceptors (Lipinski definition) is 7. The number of imide groups is 1. The van der Waals surface area contributed by atoms with E-state index in [-0.39, 0.29) is 38.3 Å². The van der Waals surface area contributed by atoms with Crippen LogP contribution in [-0.4, -0.2) is 46.8 Å². The second-order valence-electron chi connectivity index (χ2n) is 13.8. The number of anilines is 1. The van der Waals surface area contributed by atoms with Crippen LogP contribution in [0.25, 0.3) is 11.6 Å². The van der Waals surface area contributed by atoms with Crippen LogP contribution in [0.3, 0.4) is 0 Å². The van der Waals surface area contributed by atoms with Gasteiger partial charge in [0.2, 0.25) is 11.8 Å². The minimum atomic E-state index is -5.22. The fraction of sp³-hybridized carbons (Fsp3) is 0.275. The van der Waals surface area contributed by atoms with Gasteiger partial charge in [0.1, 0.15) is 12.4 Å². The molecular weight excluding hydrogens is 748 g/mol. The molecule has 2 fully saturated rings. The quantitative estimate of drug-likeness (QED) is 0.0761. The number of ether oxygens (including phenoxy) is 1. The van der Waals surface area contributed by atoms with Gasteiger partial charge in [-0.15, -0.1) is 0 Å². The molecule has 290 valence electrons. The van der Waals surface area contributed by atoms with E-state index in [2.05, 4.69) is 4.98 Å². The number of phenolic OH excluding ortho intramolecular Hbond substituents is 1. The van der Waals surface area contributed by atoms with Gasteiger partial charge in [0.05, 0.1) is 40.4 Å². The highest BCUT2D eigenvalue weighted by Gasteiger charge is 2.58. The van der Waals surface area contributed by atoms with E-state index in [0.717, 1.165) is 6.07 Å². The number of aromatic nitrogens is 1. The average Bonchev–Trinajstić information content (AvgIpc) is 3.41. The van der Waals surface area contributed by atoms with Gasteiger partial charge in [-0.1, -0.05) is 30.3 Å². The maximum atomic E-state index is 14.3. The summed E-state index contributed by atoms with van der Waals surface area (Å²) in [5, 5.41) is 20.8. The highest BCUT2D eigenvalue weighted by molar-refractivity contribution is 6.43. The van der Waals surface area contributed by atoms with E-state index in [1.54, 1.807) is 60.8 Å². The van der Waals surface area contributed by atoms with Gasteiger partial charge in [0, 0.05) is 6.20 Å². The minimum absolute atomic E-state index is 0.0779. The van der Waals surface area contributed by atoms with Crippen LogP contribution in [-0.2, 0) is 26.6 Å². The molecule has 0 radical (unpaired) electrons. The van der Waals surface area contributed by atoms with Crippen LogP contribution in [0.1, 0.15) is 41.6 Å². The molecule has 56 heavy (non-hydrogen) atoms. The Balaban J connectivity index is 1.27. The summed E-state index contributed by atoms with van der Waals surface area (Å²) in [6.07, 6.45) is -8.04. The number of rotatable bonds is 9. The van der Waals surface area contributed by atoms with Crippen LogP contribution in [0, 0.1) is 23.6 Å². The van der Waals surface area contributed by atoms with Crippen molar-refractivity contribution in [3.05, 3.63) is 130 Å². The Morgan fingerprint density at radius 3 is 2.25 bits per heavy atom. The number of halogens is 7. The lowest BCUT2D eigenvalue weighted by atomic mass is 9.58. The number of benzene rings is 3. The van der Waals surface area contributed by atoms with Gasteiger partial charge in [0.15, 0.2) is 11.6 Å². The van der Waals surface area contributed by atoms with Crippen molar-refractivity contribution in [2.75, 3.05) is 11.5 Å². The highest BCUT2D eigenvalue weighted by atomic mass is 19.4. The first-order chi connectivity index (χ1) is 26.6. The zero-order valence-electron chi connectivity index (χ0n) is 29.2. The van der Waals surface area contributed by atoms with Gasteiger partial charge < -0.3 is 19.5 Å². The van der Waals surface area contributed by atoms with E-state index in [9.17, 15) is 50.5 Å². The average molecular weight is 781 g/mol. The molecule has 8 nitrogen and oxygen atoms in total. The number of carbonyl (C=O) groups is 2. The van der Waals surface area contributed by atoms with Crippen molar-refractivity contribution >= 4 is 36.3 Å². The summed E-state index contributed by atoms with van der Waals surface area (Å²) in [6, 6.07) is 18.3. The summed E-state index contributed by atoms with van der Waals surface area (Å²) in [5.41, 5.74) is -1.58. The Hall–Kier alpha value is -5.48. The first kappa shape index (κ1) is 38.8. The number of fused-ring (bicyclic) bond motifs is 3. The second kappa shape index (κ2) is 15.2. The Kier molecular flexibility index (Phi) is 10.5. The second-order valence-corrected chi connectivity index (χ2v) is 13.8. The zero-order chi connectivity index (χ0) is 39.9. The van der Waals surface area contributed by atoms with Crippen LogP contribution in [0.5, 0.6) is 11.5 Å². The maximum absolute atomic E-state index is 14.3. The third-order valence-electron chi connectivity index (χ3n) is 10.3. The number of carbonyl (C=O) groups excluding carboxylic acids is 2. The highest BCUT2D eigenvalue weighted by Crippen LogP contribution is 2.52. The van der Waals surface area contributed by atoms with E-state index in [4.69, 9.17) is 9.39 Å². The fourth-order valence-corrected chi connectivity index (χ4v) is 7.83. The van der Waals surface area contributed by atoms with Gasteiger partial charge in [-0.25, -0.2) is 9.29 Å². The number of pyridine rings is 1. The number of amides is 2. The Labute approximate surface area is 316 Å². The molecule has 1 aliphatic carbocycles. The Morgan fingerprint density at radius 2 is 1.61 bits per heavy atom. The molecule has 2 aliphatic heterocycles. The molecular formula is C40H32BF7N2O6. The van der Waals surface area contributed by atoms with Gasteiger partial charge in [-0.05, 0) is 114 Å². The first-order valence-corrected chi connectivity index (χ1v) is 17.6. The van der Waals surface area contributed by atoms with Crippen molar-refractivity contribution < 1.29 is 59.8 Å². The number of hydrogen-bond donors (Lipinski definition) is 2. The van der Waals surface area contributed by atoms with Gasteiger partial charge >= 0.3 is 19.5 Å². The normalized spacial score (nSPS) is 21.7. The smallest absolute Gasteiger partial charge is 0.455 e. The SMILES string of the molecule is O=C1[C@@H]2[C@@H](CC(COc3ccccc3)=C3[C@@H](CC/C(=C/c4ccc(O)c(F)c4)c4ccccn4)OB(O)C[C@@H]32)C(=O)N1c1cc(C(F)(F)F)cc(C(F)(F)F)c1. The predicted octanol–water partition coefficient (Wildman–Crippen LogP) is 8.37. The standard InChI is InChI=1S/C40H32BF7N2O6/c42-31-15-22(9-11-33(31)51)14-23(32-8-4-5-13-49-32)10-12-34-35-24(21-55-28-6-2-1-3-7-28)16-29-36(30(35)20-41(54)56-34)38(53)50(37(29)52)27-18-25(39(43,44)45)17-26(19-27)40(46,47)48/h1-9,11,13-15,17-19,29-30,34,36,51,54H,10,12,16,20-21H2/b23-14-/t29-,30+,34-,36-/m1/s1. The molecule has 2 amide bonds. The van der Waals surface area contributed by atoms with Gasteiger partial charge in [-0.2, -0.15) is 26.3 Å². The lowest BCUT2D eigenvalue weighted by Gasteiger charge is -2.43. The third-order valence-corrected chi connectivity index (χ3v) is 10.3. The third kappa shape index (κ3) is 7.94. The van der Waals surface area contributed by atoms with E-state index < -0.39 is 83.5 Å². The lowest BCUT2D eigenvalue weighted by Crippen LogP contribution is -2.46. The molecule has 0 saturated carbocycles. The first-order valence-electron chi connectivity index (χ1n) is 17.6. The van der Waals surface area contributed by atoms with Crippen molar-refractivity contribution in [3.63, 3.8) is 0 Å².